The topological polar surface area (TPSA) is 40.5 Å². The first-order valence-corrected chi connectivity index (χ1v) is 8.03. The van der Waals surface area contributed by atoms with E-state index in [1.54, 1.807) is 12.1 Å². The van der Waals surface area contributed by atoms with Gasteiger partial charge >= 0.3 is 100 Å². The number of para-hydroxylation sites is 2. The quantitative estimate of drug-likeness (QED) is 0.738. The Hall–Kier alpha value is -1.08. The zero-order valence-corrected chi connectivity index (χ0v) is 11.4. The van der Waals surface area contributed by atoms with Crippen LogP contribution in [0.1, 0.15) is 0 Å². The van der Waals surface area contributed by atoms with Gasteiger partial charge < -0.3 is 0 Å². The van der Waals surface area contributed by atoms with Gasteiger partial charge in [-0.2, -0.15) is 0 Å². The Morgan fingerprint density at radius 2 is 1.07 bits per heavy atom. The molecule has 0 spiro atoms. The molecule has 0 saturated carbocycles. The maximum absolute atomic E-state index is 9.63. The van der Waals surface area contributed by atoms with Crippen molar-refractivity contribution in [2.24, 2.45) is 0 Å². The average Bonchev–Trinajstić information content (AvgIpc) is 2.24. The van der Waals surface area contributed by atoms with E-state index in [1.807, 2.05) is 36.4 Å². The Morgan fingerprint density at radius 1 is 0.667 bits per heavy atom. The fraction of sp³-hybridized carbons (Fsp3) is 0. The van der Waals surface area contributed by atoms with Gasteiger partial charge in [-0.15, -0.1) is 0 Å². The van der Waals surface area contributed by atoms with Crippen LogP contribution >= 0.6 is 0 Å². The molecule has 0 fully saturated rings. The standard InChI is InChI=1S/2C6H5O.Bi/c2*7-6-4-2-1-3-5-6;/h2*1-4,7H;. The van der Waals surface area contributed by atoms with Gasteiger partial charge in [0.05, 0.1) is 0 Å². The average molecular weight is 395 g/mol. The van der Waals surface area contributed by atoms with Crippen molar-refractivity contribution in [1.82, 2.24) is 0 Å². The maximum atomic E-state index is 9.63. The molecule has 2 nitrogen and oxygen atoms in total. The molecule has 0 unspecified atom stereocenters. The minimum absolute atomic E-state index is 0.345. The van der Waals surface area contributed by atoms with Gasteiger partial charge in [0.2, 0.25) is 0 Å². The van der Waals surface area contributed by atoms with Gasteiger partial charge in [0.25, 0.3) is 0 Å². The first-order chi connectivity index (χ1) is 7.27. The van der Waals surface area contributed by atoms with Crippen LogP contribution in [0.5, 0.6) is 11.5 Å². The summed E-state index contributed by atoms with van der Waals surface area (Å²) in [6.45, 7) is 0. The number of hydrogen-bond acceptors (Lipinski definition) is 2. The van der Waals surface area contributed by atoms with E-state index in [-0.39, 0.29) is 0 Å². The fourth-order valence-corrected chi connectivity index (χ4v) is 4.97. The number of phenols is 2. The molecule has 0 amide bonds. The van der Waals surface area contributed by atoms with Gasteiger partial charge in [0.15, 0.2) is 0 Å². The van der Waals surface area contributed by atoms with Crippen molar-refractivity contribution >= 4 is 29.8 Å². The fourth-order valence-electron chi connectivity index (χ4n) is 1.25. The predicted octanol–water partition coefficient (Wildman–Crippen LogP) is 0.753. The van der Waals surface area contributed by atoms with Crippen molar-refractivity contribution in [3.8, 4) is 11.5 Å². The third-order valence-electron chi connectivity index (χ3n) is 2.00. The van der Waals surface area contributed by atoms with Crippen molar-refractivity contribution in [1.29, 1.82) is 0 Å². The number of hydrogen-bond donors (Lipinski definition) is 2. The Balaban J connectivity index is 2.30. The van der Waals surface area contributed by atoms with Gasteiger partial charge in [-0.25, -0.2) is 0 Å². The molecule has 2 aromatic rings. The van der Waals surface area contributed by atoms with Crippen molar-refractivity contribution in [2.45, 2.75) is 0 Å². The van der Waals surface area contributed by atoms with Crippen molar-refractivity contribution in [3.63, 3.8) is 0 Å². The van der Waals surface area contributed by atoms with Crippen LogP contribution in [-0.2, 0) is 0 Å². The van der Waals surface area contributed by atoms with Crippen molar-refractivity contribution < 1.29 is 10.2 Å². The van der Waals surface area contributed by atoms with E-state index in [0.29, 0.717) is 11.5 Å². The molecular weight excluding hydrogens is 385 g/mol. The van der Waals surface area contributed by atoms with Gasteiger partial charge in [0, 0.05) is 0 Å². The monoisotopic (exact) mass is 395 g/mol. The second kappa shape index (κ2) is 4.63. The molecule has 2 N–H and O–H groups in total. The summed E-state index contributed by atoms with van der Waals surface area (Å²) < 4.78 is 2.00. The molecule has 2 rings (SSSR count). The summed E-state index contributed by atoms with van der Waals surface area (Å²) in [5.74, 6) is 0.690. The normalized spacial score (nSPS) is 10.1. The zero-order valence-electron chi connectivity index (χ0n) is 7.96. The summed E-state index contributed by atoms with van der Waals surface area (Å²) in [5.41, 5.74) is 0. The molecule has 0 aliphatic rings. The van der Waals surface area contributed by atoms with Crippen LogP contribution in [0.15, 0.2) is 48.5 Å². The molecule has 0 atom stereocenters. The Labute approximate surface area is 99.8 Å². The summed E-state index contributed by atoms with van der Waals surface area (Å²) in [6.07, 6.45) is 0. The first kappa shape index (κ1) is 10.4. The van der Waals surface area contributed by atoms with Crippen LogP contribution in [0.4, 0.5) is 0 Å². The number of phenolic OH excluding ortho intramolecular Hbond substituents is 2. The second-order valence-corrected chi connectivity index (χ2v) is 7.70. The summed E-state index contributed by atoms with van der Waals surface area (Å²) in [6, 6.07) is 14.7. The molecule has 2 aromatic carbocycles. The van der Waals surface area contributed by atoms with Crippen molar-refractivity contribution in [3.05, 3.63) is 48.5 Å². The number of aromatic hydroxyl groups is 2. The van der Waals surface area contributed by atoms with Crippen LogP contribution in [0, 0.1) is 0 Å². The summed E-state index contributed by atoms with van der Waals surface area (Å²) in [5, 5.41) is 19.3. The summed E-state index contributed by atoms with van der Waals surface area (Å²) in [4.78, 5) is 0. The van der Waals surface area contributed by atoms with Gasteiger partial charge in [-0.1, -0.05) is 0 Å². The van der Waals surface area contributed by atoms with Gasteiger partial charge in [-0.3, -0.25) is 0 Å². The van der Waals surface area contributed by atoms with E-state index in [1.165, 1.54) is 0 Å². The van der Waals surface area contributed by atoms with Gasteiger partial charge in [0.1, 0.15) is 0 Å². The molecule has 0 heterocycles. The van der Waals surface area contributed by atoms with E-state index in [2.05, 4.69) is 0 Å². The van der Waals surface area contributed by atoms with E-state index >= 15 is 0 Å². The number of benzene rings is 2. The SMILES string of the molecule is Oc1cccc[c]1[Bi][c]1ccccc1O. The zero-order chi connectivity index (χ0) is 10.7. The van der Waals surface area contributed by atoms with E-state index in [0.717, 1.165) is 6.54 Å². The van der Waals surface area contributed by atoms with E-state index in [9.17, 15) is 10.2 Å². The summed E-state index contributed by atoms with van der Waals surface area (Å²) >= 11 is -1.19. The minimum atomic E-state index is -1.19. The first-order valence-electron chi connectivity index (χ1n) is 4.55. The van der Waals surface area contributed by atoms with Crippen LogP contribution < -0.4 is 6.54 Å². The molecule has 3 heteroatoms. The molecule has 0 bridgehead atoms. The van der Waals surface area contributed by atoms with E-state index < -0.39 is 23.2 Å². The Morgan fingerprint density at radius 3 is 1.47 bits per heavy atom. The van der Waals surface area contributed by atoms with Crippen molar-refractivity contribution in [2.75, 3.05) is 0 Å². The second-order valence-electron chi connectivity index (χ2n) is 3.09. The molecule has 0 aliphatic heterocycles. The molecule has 0 saturated heterocycles. The molecular formula is C12H10BiO2. The molecule has 15 heavy (non-hydrogen) atoms. The third kappa shape index (κ3) is 2.48. The van der Waals surface area contributed by atoms with Crippen LogP contribution in [0.25, 0.3) is 0 Å². The van der Waals surface area contributed by atoms with Crippen LogP contribution in [-0.4, -0.2) is 33.4 Å². The third-order valence-corrected chi connectivity index (χ3v) is 6.82. The van der Waals surface area contributed by atoms with Crippen LogP contribution in [0.3, 0.4) is 0 Å². The van der Waals surface area contributed by atoms with Crippen LogP contribution in [0.2, 0.25) is 0 Å². The molecule has 0 aromatic heterocycles. The summed E-state index contributed by atoms with van der Waals surface area (Å²) in [7, 11) is 0. The molecule has 0 aliphatic carbocycles. The van der Waals surface area contributed by atoms with E-state index in [4.69, 9.17) is 0 Å². The number of rotatable bonds is 2. The Kier molecular flexibility index (Phi) is 3.22. The predicted molar refractivity (Wildman–Crippen MR) is 61.2 cm³/mol. The molecule has 75 valence electrons. The Bertz CT molecular complexity index is 425. The van der Waals surface area contributed by atoms with Gasteiger partial charge in [-0.05, 0) is 0 Å². The molecule has 1 radical (unpaired) electrons.